The summed E-state index contributed by atoms with van der Waals surface area (Å²) in [7, 11) is 1.61. The van der Waals surface area contributed by atoms with Crippen LogP contribution in [-0.4, -0.2) is 41.3 Å². The van der Waals surface area contributed by atoms with Crippen molar-refractivity contribution in [2.24, 2.45) is 0 Å². The molecule has 3 heterocycles. The number of hydrogen-bond acceptors (Lipinski definition) is 6. The van der Waals surface area contributed by atoms with Crippen molar-refractivity contribution in [3.63, 3.8) is 0 Å². The lowest BCUT2D eigenvalue weighted by atomic mass is 10.1. The van der Waals surface area contributed by atoms with Crippen LogP contribution < -0.4 is 15.2 Å². The molecule has 1 aliphatic rings. The number of methoxy groups -OCH3 is 1. The highest BCUT2D eigenvalue weighted by atomic mass is 35.5. The van der Waals surface area contributed by atoms with Crippen LogP contribution in [0.15, 0.2) is 58.5 Å². The lowest BCUT2D eigenvalue weighted by Gasteiger charge is -2.23. The second kappa shape index (κ2) is 10.8. The molecule has 0 amide bonds. The summed E-state index contributed by atoms with van der Waals surface area (Å²) in [5.74, 6) is 0.825. The number of benzene rings is 2. The number of ether oxygens (including phenoxy) is 1. The van der Waals surface area contributed by atoms with Crippen molar-refractivity contribution in [2.75, 3.05) is 26.0 Å². The molecule has 1 N–H and O–H groups in total. The highest BCUT2D eigenvalue weighted by molar-refractivity contribution is 7.99. The summed E-state index contributed by atoms with van der Waals surface area (Å²) in [4.78, 5) is 35.4. The van der Waals surface area contributed by atoms with Gasteiger partial charge in [0, 0.05) is 17.0 Å². The van der Waals surface area contributed by atoms with Gasteiger partial charge in [0.1, 0.15) is 17.1 Å². The van der Waals surface area contributed by atoms with E-state index in [-0.39, 0.29) is 17.1 Å². The fraction of sp³-hybridized carbons (Fsp3) is 0.296. The summed E-state index contributed by atoms with van der Waals surface area (Å²) < 4.78 is 6.94. The first-order valence-corrected chi connectivity index (χ1v) is 14.1. The molecule has 2 aromatic carbocycles. The van der Waals surface area contributed by atoms with Crippen LogP contribution in [0, 0.1) is 0 Å². The predicted octanol–water partition coefficient (Wildman–Crippen LogP) is 4.44. The van der Waals surface area contributed by atoms with Crippen molar-refractivity contribution < 1.29 is 14.4 Å². The Hall–Kier alpha value is -2.65. The second-order valence-corrected chi connectivity index (χ2v) is 11.3. The lowest BCUT2D eigenvalue weighted by molar-refractivity contribution is -0.915. The standard InChI is InChI=1S/C27H26ClN3O3S2/c1-3-13-30-14-12-21-23(15-30)36-25-24(21)26(33)31(19-8-10-20(34-2)11-9-19)27(29-25)35-16-22(32)17-4-6-18(28)7-5-17/h4-11H,3,12-16H2,1-2H3/p+1. The molecule has 6 nitrogen and oxygen atoms in total. The monoisotopic (exact) mass is 540 g/mol. The van der Waals surface area contributed by atoms with E-state index < -0.39 is 0 Å². The van der Waals surface area contributed by atoms with Gasteiger partial charge in [-0.1, -0.05) is 30.3 Å². The molecule has 0 fully saturated rings. The quantitative estimate of drug-likeness (QED) is 0.203. The third kappa shape index (κ3) is 4.95. The van der Waals surface area contributed by atoms with Crippen LogP contribution in [0.1, 0.15) is 34.1 Å². The molecule has 4 aromatic rings. The fourth-order valence-corrected chi connectivity index (χ4v) is 6.99. The highest BCUT2D eigenvalue weighted by Gasteiger charge is 2.27. The minimum atomic E-state index is -0.0805. The highest BCUT2D eigenvalue weighted by Crippen LogP contribution is 2.32. The number of rotatable bonds is 8. The van der Waals surface area contributed by atoms with E-state index in [0.29, 0.717) is 27.2 Å². The van der Waals surface area contributed by atoms with Crippen LogP contribution in [0.2, 0.25) is 5.02 Å². The van der Waals surface area contributed by atoms with E-state index in [0.717, 1.165) is 48.3 Å². The first-order valence-electron chi connectivity index (χ1n) is 11.9. The zero-order valence-electron chi connectivity index (χ0n) is 20.2. The van der Waals surface area contributed by atoms with E-state index in [1.165, 1.54) is 16.6 Å². The maximum atomic E-state index is 14.0. The molecule has 1 aliphatic heterocycles. The molecule has 0 radical (unpaired) electrons. The van der Waals surface area contributed by atoms with Gasteiger partial charge in [-0.25, -0.2) is 4.98 Å². The fourth-order valence-electron chi connectivity index (χ4n) is 4.63. The third-order valence-electron chi connectivity index (χ3n) is 6.45. The van der Waals surface area contributed by atoms with Crippen LogP contribution in [0.3, 0.4) is 0 Å². The van der Waals surface area contributed by atoms with Gasteiger partial charge >= 0.3 is 0 Å². The van der Waals surface area contributed by atoms with Crippen LogP contribution in [-0.2, 0) is 13.0 Å². The summed E-state index contributed by atoms with van der Waals surface area (Å²) in [5.41, 5.74) is 2.34. The van der Waals surface area contributed by atoms with Crippen LogP contribution in [0.25, 0.3) is 15.9 Å². The van der Waals surface area contributed by atoms with Gasteiger partial charge in [-0.2, -0.15) is 0 Å². The summed E-state index contributed by atoms with van der Waals surface area (Å²) in [5, 5.41) is 1.81. The Morgan fingerprint density at radius 3 is 2.64 bits per heavy atom. The Labute approximate surface area is 222 Å². The Bertz CT molecular complexity index is 1460. The first-order chi connectivity index (χ1) is 17.5. The Morgan fingerprint density at radius 1 is 1.19 bits per heavy atom. The second-order valence-electron chi connectivity index (χ2n) is 8.81. The van der Waals surface area contributed by atoms with E-state index in [9.17, 15) is 9.59 Å². The molecule has 1 atom stereocenters. The van der Waals surface area contributed by atoms with Gasteiger partial charge < -0.3 is 9.64 Å². The number of Topliss-reactive ketones (excluding diaryl/α,β-unsaturated/α-hetero) is 1. The van der Waals surface area contributed by atoms with Gasteiger partial charge in [0.25, 0.3) is 5.56 Å². The van der Waals surface area contributed by atoms with Gasteiger partial charge in [-0.05, 0) is 60.5 Å². The van der Waals surface area contributed by atoms with Crippen molar-refractivity contribution in [1.29, 1.82) is 0 Å². The minimum absolute atomic E-state index is 0.0448. The van der Waals surface area contributed by atoms with Crippen molar-refractivity contribution in [2.45, 2.75) is 31.5 Å². The molecule has 0 saturated heterocycles. The summed E-state index contributed by atoms with van der Waals surface area (Å²) in [6.45, 7) is 5.30. The number of nitrogens with one attached hydrogen (secondary N) is 1. The topological polar surface area (TPSA) is 65.6 Å². The molecule has 5 rings (SSSR count). The average molecular weight is 541 g/mol. The number of hydrogen-bond donors (Lipinski definition) is 1. The van der Waals surface area contributed by atoms with E-state index in [2.05, 4.69) is 6.92 Å². The molecule has 9 heteroatoms. The minimum Gasteiger partial charge on any atom is -0.497 e. The van der Waals surface area contributed by atoms with E-state index in [1.807, 2.05) is 24.3 Å². The number of thioether (sulfide) groups is 1. The van der Waals surface area contributed by atoms with E-state index in [4.69, 9.17) is 21.3 Å². The molecule has 0 saturated carbocycles. The van der Waals surface area contributed by atoms with Gasteiger partial charge in [0.2, 0.25) is 0 Å². The van der Waals surface area contributed by atoms with Crippen LogP contribution in [0.4, 0.5) is 0 Å². The summed E-state index contributed by atoms with van der Waals surface area (Å²) >= 11 is 8.87. The molecule has 36 heavy (non-hydrogen) atoms. The molecule has 1 unspecified atom stereocenters. The maximum absolute atomic E-state index is 14.0. The average Bonchev–Trinajstić information content (AvgIpc) is 3.26. The largest absolute Gasteiger partial charge is 0.497 e. The van der Waals surface area contributed by atoms with Gasteiger partial charge in [0.15, 0.2) is 10.9 Å². The van der Waals surface area contributed by atoms with Crippen molar-refractivity contribution in [3.05, 3.63) is 79.9 Å². The van der Waals surface area contributed by atoms with Gasteiger partial charge in [0.05, 0.1) is 41.9 Å². The summed E-state index contributed by atoms with van der Waals surface area (Å²) in [6.07, 6.45) is 2.02. The Kier molecular flexibility index (Phi) is 7.48. The summed E-state index contributed by atoms with van der Waals surface area (Å²) in [6, 6.07) is 14.2. The number of carbonyl (C=O) groups excluding carboxylic acids is 1. The van der Waals surface area contributed by atoms with Crippen LogP contribution >= 0.6 is 34.7 Å². The smallest absolute Gasteiger partial charge is 0.267 e. The lowest BCUT2D eigenvalue weighted by Crippen LogP contribution is -3.11. The third-order valence-corrected chi connectivity index (χ3v) is 8.77. The molecular weight excluding hydrogens is 514 g/mol. The normalized spacial score (nSPS) is 15.1. The predicted molar refractivity (Wildman–Crippen MR) is 147 cm³/mol. The van der Waals surface area contributed by atoms with E-state index in [1.54, 1.807) is 52.2 Å². The molecule has 0 spiro atoms. The number of ketones is 1. The van der Waals surface area contributed by atoms with E-state index >= 15 is 0 Å². The zero-order valence-corrected chi connectivity index (χ0v) is 22.6. The molecule has 2 aromatic heterocycles. The van der Waals surface area contributed by atoms with Crippen molar-refractivity contribution in [1.82, 2.24) is 9.55 Å². The van der Waals surface area contributed by atoms with Crippen molar-refractivity contribution in [3.8, 4) is 11.4 Å². The number of halogens is 1. The number of aromatic nitrogens is 2. The molecular formula is C27H27ClN3O3S2+. The van der Waals surface area contributed by atoms with Crippen molar-refractivity contribution >= 4 is 50.7 Å². The van der Waals surface area contributed by atoms with Gasteiger partial charge in [-0.3, -0.25) is 14.2 Å². The maximum Gasteiger partial charge on any atom is 0.267 e. The molecule has 0 aliphatic carbocycles. The number of carbonyl (C=O) groups is 1. The SMILES string of the molecule is CCC[NH+]1CCc2c(sc3nc(SCC(=O)c4ccc(Cl)cc4)n(-c4ccc(OC)cc4)c(=O)c23)C1. The molecule has 186 valence electrons. The molecule has 0 bridgehead atoms. The Balaban J connectivity index is 1.57. The zero-order chi connectivity index (χ0) is 25.2. The Morgan fingerprint density at radius 2 is 1.94 bits per heavy atom. The number of quaternary nitrogens is 1. The van der Waals surface area contributed by atoms with Crippen LogP contribution in [0.5, 0.6) is 5.75 Å². The number of nitrogens with zero attached hydrogens (tertiary/aromatic N) is 2. The first kappa shape index (κ1) is 25.0. The van der Waals surface area contributed by atoms with Gasteiger partial charge in [-0.15, -0.1) is 11.3 Å². The number of fused-ring (bicyclic) bond motifs is 3. The number of thiophene rings is 1.